The van der Waals surface area contributed by atoms with E-state index >= 15 is 0 Å². The maximum Gasteiger partial charge on any atom is 0.221 e. The summed E-state index contributed by atoms with van der Waals surface area (Å²) in [6, 6.07) is 13.6. The molecule has 1 aliphatic rings. The van der Waals surface area contributed by atoms with Crippen molar-refractivity contribution in [1.82, 2.24) is 29.9 Å². The van der Waals surface area contributed by atoms with Gasteiger partial charge in [-0.1, -0.05) is 23.4 Å². The number of rotatable bonds is 8. The number of methoxy groups -OCH3 is 1. The van der Waals surface area contributed by atoms with Crippen LogP contribution in [0, 0.1) is 6.92 Å². The molecule has 0 unspecified atom stereocenters. The van der Waals surface area contributed by atoms with Crippen LogP contribution in [-0.2, 0) is 22.6 Å². The van der Waals surface area contributed by atoms with Crippen LogP contribution in [0.25, 0.3) is 22.6 Å². The zero-order chi connectivity index (χ0) is 24.2. The number of aromatic nitrogens is 6. The van der Waals surface area contributed by atoms with Gasteiger partial charge in [0, 0.05) is 12.2 Å². The summed E-state index contributed by atoms with van der Waals surface area (Å²) in [6.45, 7) is 4.30. The van der Waals surface area contributed by atoms with Crippen molar-refractivity contribution >= 4 is 5.95 Å². The number of para-hydroxylation sites is 1. The second kappa shape index (κ2) is 10.2. The van der Waals surface area contributed by atoms with Crippen molar-refractivity contribution in [3.05, 3.63) is 65.6 Å². The van der Waals surface area contributed by atoms with E-state index in [1.165, 1.54) is 0 Å². The highest BCUT2D eigenvalue weighted by Crippen LogP contribution is 2.33. The minimum Gasteiger partial charge on any atom is -0.496 e. The Morgan fingerprint density at radius 2 is 1.89 bits per heavy atom. The number of benzene rings is 1. The minimum absolute atomic E-state index is 0.142. The van der Waals surface area contributed by atoms with Gasteiger partial charge in [-0.25, -0.2) is 14.6 Å². The van der Waals surface area contributed by atoms with Gasteiger partial charge < -0.3 is 19.9 Å². The average Bonchev–Trinajstić information content (AvgIpc) is 3.55. The Labute approximate surface area is 203 Å². The van der Waals surface area contributed by atoms with Crippen LogP contribution < -0.4 is 10.5 Å². The minimum atomic E-state index is 0.142. The molecular weight excluding hydrogens is 446 g/mol. The van der Waals surface area contributed by atoms with Gasteiger partial charge in [-0.15, -0.1) is 5.10 Å². The van der Waals surface area contributed by atoms with Gasteiger partial charge in [0.25, 0.3) is 0 Å². The van der Waals surface area contributed by atoms with Crippen LogP contribution in [0.5, 0.6) is 5.75 Å². The average molecular weight is 474 g/mol. The molecular formula is C25H27N7O3. The molecule has 1 aromatic carbocycles. The molecule has 0 amide bonds. The van der Waals surface area contributed by atoms with Crippen molar-refractivity contribution < 1.29 is 14.2 Å². The molecule has 1 atom stereocenters. The summed E-state index contributed by atoms with van der Waals surface area (Å²) in [6.07, 6.45) is 2.89. The van der Waals surface area contributed by atoms with Crippen LogP contribution in [0.15, 0.2) is 48.7 Å². The lowest BCUT2D eigenvalue weighted by atomic mass is 10.1. The van der Waals surface area contributed by atoms with Gasteiger partial charge in [-0.3, -0.25) is 4.98 Å². The van der Waals surface area contributed by atoms with E-state index in [2.05, 4.69) is 20.3 Å². The first kappa shape index (κ1) is 22.9. The summed E-state index contributed by atoms with van der Waals surface area (Å²) < 4.78 is 18.5. The molecule has 0 aliphatic carbocycles. The maximum absolute atomic E-state index is 6.04. The van der Waals surface area contributed by atoms with Crippen LogP contribution >= 0.6 is 0 Å². The monoisotopic (exact) mass is 473 g/mol. The molecule has 0 spiro atoms. The number of nitrogens with two attached hydrogens (primary N) is 1. The number of ether oxygens (including phenoxy) is 3. The number of hydrogen-bond acceptors (Lipinski definition) is 9. The van der Waals surface area contributed by atoms with Crippen LogP contribution in [-0.4, -0.2) is 56.4 Å². The Balaban J connectivity index is 1.34. The summed E-state index contributed by atoms with van der Waals surface area (Å²) >= 11 is 0. The number of pyridine rings is 1. The van der Waals surface area contributed by atoms with E-state index in [0.29, 0.717) is 36.8 Å². The van der Waals surface area contributed by atoms with Crippen LogP contribution in [0.4, 0.5) is 5.95 Å². The fourth-order valence-electron chi connectivity index (χ4n) is 4.06. The number of nitrogens with zero attached hydrogens (tertiary/aromatic N) is 6. The van der Waals surface area contributed by atoms with Crippen molar-refractivity contribution in [2.75, 3.05) is 26.1 Å². The highest BCUT2D eigenvalue weighted by molar-refractivity contribution is 5.73. The SMILES string of the molecule is COc1c(C)cccc1-c1cc(-c2cn(Cc3cccc(CO[C@H]4CCOC4)n3)nn2)nc(N)n1. The predicted octanol–water partition coefficient (Wildman–Crippen LogP) is 3.05. The first-order valence-electron chi connectivity index (χ1n) is 11.4. The van der Waals surface area contributed by atoms with Gasteiger partial charge in [0.15, 0.2) is 0 Å². The predicted molar refractivity (Wildman–Crippen MR) is 130 cm³/mol. The van der Waals surface area contributed by atoms with Gasteiger partial charge in [-0.2, -0.15) is 0 Å². The maximum atomic E-state index is 6.04. The number of nitrogen functional groups attached to an aromatic ring is 1. The molecule has 0 bridgehead atoms. The van der Waals surface area contributed by atoms with E-state index < -0.39 is 0 Å². The molecule has 1 aliphatic heterocycles. The standard InChI is InChI=1S/C25H27N7O3/c1-16-5-3-8-20(24(16)33-2)21-11-22(29-25(26)28-21)23-13-32(31-30-23)12-17-6-4-7-18(27-17)14-35-19-9-10-34-15-19/h3-8,11,13,19H,9-10,12,14-15H2,1-2H3,(H2,26,28,29)/t19-/m0/s1. The van der Waals surface area contributed by atoms with Gasteiger partial charge in [-0.05, 0) is 43.2 Å². The number of hydrogen-bond donors (Lipinski definition) is 1. The lowest BCUT2D eigenvalue weighted by Gasteiger charge is -2.11. The smallest absolute Gasteiger partial charge is 0.221 e. The van der Waals surface area contributed by atoms with Gasteiger partial charge >= 0.3 is 0 Å². The van der Waals surface area contributed by atoms with E-state index in [4.69, 9.17) is 24.9 Å². The molecule has 5 rings (SSSR count). The summed E-state index contributed by atoms with van der Waals surface area (Å²) in [4.78, 5) is 13.5. The Morgan fingerprint density at radius 1 is 1.06 bits per heavy atom. The molecule has 2 N–H and O–H groups in total. The lowest BCUT2D eigenvalue weighted by molar-refractivity contribution is 0.0301. The highest BCUT2D eigenvalue weighted by Gasteiger charge is 2.17. The second-order valence-electron chi connectivity index (χ2n) is 8.37. The van der Waals surface area contributed by atoms with Gasteiger partial charge in [0.2, 0.25) is 5.95 Å². The molecule has 10 heteroatoms. The first-order valence-corrected chi connectivity index (χ1v) is 11.4. The molecule has 1 fully saturated rings. The van der Waals surface area contributed by atoms with Crippen LogP contribution in [0.2, 0.25) is 0 Å². The van der Waals surface area contributed by atoms with Crippen molar-refractivity contribution in [3.8, 4) is 28.4 Å². The quantitative estimate of drug-likeness (QED) is 0.411. The van der Waals surface area contributed by atoms with Gasteiger partial charge in [0.1, 0.15) is 11.4 Å². The number of anilines is 1. The largest absolute Gasteiger partial charge is 0.496 e. The molecule has 4 heterocycles. The van der Waals surface area contributed by atoms with Crippen LogP contribution in [0.3, 0.4) is 0 Å². The molecule has 3 aromatic heterocycles. The summed E-state index contributed by atoms with van der Waals surface area (Å²) in [5, 5.41) is 8.56. The number of aryl methyl sites for hydroxylation is 1. The highest BCUT2D eigenvalue weighted by atomic mass is 16.5. The zero-order valence-corrected chi connectivity index (χ0v) is 19.7. The van der Waals surface area contributed by atoms with E-state index in [0.717, 1.165) is 41.3 Å². The summed E-state index contributed by atoms with van der Waals surface area (Å²) in [5.41, 5.74) is 11.4. The lowest BCUT2D eigenvalue weighted by Crippen LogP contribution is -2.13. The first-order chi connectivity index (χ1) is 17.1. The van der Waals surface area contributed by atoms with E-state index in [1.807, 2.05) is 55.6 Å². The van der Waals surface area contributed by atoms with Crippen molar-refractivity contribution in [2.45, 2.75) is 32.6 Å². The Bertz CT molecular complexity index is 1320. The van der Waals surface area contributed by atoms with Gasteiger partial charge in [0.05, 0.1) is 61.9 Å². The zero-order valence-electron chi connectivity index (χ0n) is 19.7. The molecule has 1 saturated heterocycles. The third-order valence-corrected chi connectivity index (χ3v) is 5.78. The van der Waals surface area contributed by atoms with Crippen molar-refractivity contribution in [1.29, 1.82) is 0 Å². The molecule has 0 saturated carbocycles. The summed E-state index contributed by atoms with van der Waals surface area (Å²) in [5.74, 6) is 0.897. The van der Waals surface area contributed by atoms with Crippen LogP contribution in [0.1, 0.15) is 23.4 Å². The van der Waals surface area contributed by atoms with Crippen molar-refractivity contribution in [3.63, 3.8) is 0 Å². The Morgan fingerprint density at radius 3 is 2.71 bits per heavy atom. The van der Waals surface area contributed by atoms with E-state index in [9.17, 15) is 0 Å². The molecule has 4 aromatic rings. The summed E-state index contributed by atoms with van der Waals surface area (Å²) in [7, 11) is 1.64. The van der Waals surface area contributed by atoms with Crippen molar-refractivity contribution in [2.24, 2.45) is 0 Å². The normalized spacial score (nSPS) is 15.4. The topological polar surface area (TPSA) is 123 Å². The molecule has 0 radical (unpaired) electrons. The Kier molecular flexibility index (Phi) is 6.64. The van der Waals surface area contributed by atoms with E-state index in [-0.39, 0.29) is 12.1 Å². The molecule has 35 heavy (non-hydrogen) atoms. The third-order valence-electron chi connectivity index (χ3n) is 5.78. The third kappa shape index (κ3) is 5.28. The Hall–Kier alpha value is -3.89. The fraction of sp³-hybridized carbons (Fsp3) is 0.320. The van der Waals surface area contributed by atoms with E-state index in [1.54, 1.807) is 11.8 Å². The fourth-order valence-corrected chi connectivity index (χ4v) is 4.06. The molecule has 180 valence electrons. The second-order valence-corrected chi connectivity index (χ2v) is 8.37. The molecule has 10 nitrogen and oxygen atoms in total.